The lowest BCUT2D eigenvalue weighted by atomic mass is 10.0. The van der Waals surface area contributed by atoms with Gasteiger partial charge in [0.1, 0.15) is 0 Å². The molecule has 1 aromatic carbocycles. The second kappa shape index (κ2) is 6.23. The van der Waals surface area contributed by atoms with E-state index in [2.05, 4.69) is 51.7 Å². The first kappa shape index (κ1) is 16.1. The Hall–Kier alpha value is -1.27. The smallest absolute Gasteiger partial charge is 0.172 e. The van der Waals surface area contributed by atoms with E-state index in [4.69, 9.17) is 10.9 Å². The van der Waals surface area contributed by atoms with E-state index >= 15 is 0 Å². The normalized spacial score (nSPS) is 18.1. The van der Waals surface area contributed by atoms with Crippen LogP contribution in [0.2, 0.25) is 0 Å². The Kier molecular flexibility index (Phi) is 4.78. The van der Waals surface area contributed by atoms with Crippen LogP contribution in [0, 0.1) is 0 Å². The lowest BCUT2D eigenvalue weighted by Crippen LogP contribution is -2.53. The minimum atomic E-state index is 0.143. The first-order valence-electron chi connectivity index (χ1n) is 7.10. The number of anilines is 1. The number of rotatable bonds is 2. The fourth-order valence-electron chi connectivity index (χ4n) is 2.66. The molecule has 1 saturated heterocycles. The average Bonchev–Trinajstić information content (AvgIpc) is 2.45. The molecule has 3 N–H and O–H groups in total. The van der Waals surface area contributed by atoms with Crippen molar-refractivity contribution in [3.63, 3.8) is 0 Å². The molecule has 0 radical (unpaired) electrons. The minimum absolute atomic E-state index is 0.143. The van der Waals surface area contributed by atoms with Crippen molar-refractivity contribution in [3.8, 4) is 0 Å². The number of halogens is 1. The van der Waals surface area contributed by atoms with Gasteiger partial charge >= 0.3 is 0 Å². The Bertz CT molecular complexity index is 531. The molecule has 116 valence electrons. The number of hydrogen-bond donors (Lipinski definition) is 2. The molecule has 1 aromatic rings. The van der Waals surface area contributed by atoms with Crippen molar-refractivity contribution in [1.29, 1.82) is 0 Å². The molecule has 1 heterocycles. The third kappa shape index (κ3) is 3.68. The monoisotopic (exact) mass is 354 g/mol. The van der Waals surface area contributed by atoms with Crippen molar-refractivity contribution in [3.05, 3.63) is 28.2 Å². The predicted octanol–water partition coefficient (Wildman–Crippen LogP) is 2.46. The van der Waals surface area contributed by atoms with Gasteiger partial charge in [0.05, 0.1) is 0 Å². The zero-order valence-corrected chi connectivity index (χ0v) is 14.4. The second-order valence-corrected chi connectivity index (χ2v) is 7.21. The number of piperazine rings is 1. The van der Waals surface area contributed by atoms with Gasteiger partial charge in [0, 0.05) is 47.4 Å². The van der Waals surface area contributed by atoms with Crippen LogP contribution < -0.4 is 10.6 Å². The van der Waals surface area contributed by atoms with Crippen LogP contribution in [0.4, 0.5) is 5.69 Å². The highest BCUT2D eigenvalue weighted by molar-refractivity contribution is 9.10. The van der Waals surface area contributed by atoms with E-state index < -0.39 is 0 Å². The van der Waals surface area contributed by atoms with Gasteiger partial charge in [-0.15, -0.1) is 0 Å². The number of hydrogen-bond acceptors (Lipinski definition) is 4. The number of nitrogens with zero attached hydrogens (tertiary/aromatic N) is 3. The molecule has 0 saturated carbocycles. The highest BCUT2D eigenvalue weighted by Gasteiger charge is 2.27. The van der Waals surface area contributed by atoms with Crippen LogP contribution in [-0.2, 0) is 0 Å². The van der Waals surface area contributed by atoms with Gasteiger partial charge in [0.25, 0.3) is 0 Å². The Morgan fingerprint density at radius 2 is 1.86 bits per heavy atom. The molecule has 0 aliphatic carbocycles. The molecule has 0 bridgehead atoms. The molecule has 0 spiro atoms. The standard InChI is InChI=1S/C15H23BrN4O/c1-15(2,3)20-8-6-19(7-9-20)13-5-4-11(16)10-12(13)14(17)18-21/h4-5,10,21H,6-9H2,1-3H3,(H2,17,18). The van der Waals surface area contributed by atoms with Crippen LogP contribution in [0.25, 0.3) is 0 Å². The maximum absolute atomic E-state index is 8.97. The van der Waals surface area contributed by atoms with Gasteiger partial charge < -0.3 is 15.8 Å². The molecule has 21 heavy (non-hydrogen) atoms. The van der Waals surface area contributed by atoms with Gasteiger partial charge in [-0.2, -0.15) is 0 Å². The third-order valence-corrected chi connectivity index (χ3v) is 4.40. The summed E-state index contributed by atoms with van der Waals surface area (Å²) in [5.74, 6) is 0.143. The number of oxime groups is 1. The Morgan fingerprint density at radius 3 is 2.38 bits per heavy atom. The predicted molar refractivity (Wildman–Crippen MR) is 90.2 cm³/mol. The molecule has 0 atom stereocenters. The highest BCUT2D eigenvalue weighted by atomic mass is 79.9. The van der Waals surface area contributed by atoms with Crippen molar-refractivity contribution in [2.45, 2.75) is 26.3 Å². The third-order valence-electron chi connectivity index (χ3n) is 3.91. The zero-order valence-electron chi connectivity index (χ0n) is 12.8. The molecule has 1 fully saturated rings. The molecule has 0 aromatic heterocycles. The molecule has 0 amide bonds. The molecular formula is C15H23BrN4O. The maximum Gasteiger partial charge on any atom is 0.172 e. The fraction of sp³-hybridized carbons (Fsp3) is 0.533. The number of amidine groups is 1. The van der Waals surface area contributed by atoms with Gasteiger partial charge in [-0.05, 0) is 39.0 Å². The largest absolute Gasteiger partial charge is 0.409 e. The van der Waals surface area contributed by atoms with Gasteiger partial charge in [0.15, 0.2) is 5.84 Å². The molecule has 2 rings (SSSR count). The van der Waals surface area contributed by atoms with E-state index in [1.54, 1.807) is 0 Å². The highest BCUT2D eigenvalue weighted by Crippen LogP contribution is 2.27. The van der Waals surface area contributed by atoms with Gasteiger partial charge in [-0.1, -0.05) is 21.1 Å². The molecule has 5 nitrogen and oxygen atoms in total. The summed E-state index contributed by atoms with van der Waals surface area (Å²) < 4.78 is 0.918. The van der Waals surface area contributed by atoms with Crippen LogP contribution in [0.5, 0.6) is 0 Å². The van der Waals surface area contributed by atoms with E-state index in [9.17, 15) is 0 Å². The van der Waals surface area contributed by atoms with Gasteiger partial charge in [0.2, 0.25) is 0 Å². The fourth-order valence-corrected chi connectivity index (χ4v) is 3.02. The quantitative estimate of drug-likeness (QED) is 0.370. The summed E-state index contributed by atoms with van der Waals surface area (Å²) in [5, 5.41) is 12.1. The summed E-state index contributed by atoms with van der Waals surface area (Å²) in [6.07, 6.45) is 0. The van der Waals surface area contributed by atoms with Crippen molar-refractivity contribution in [2.24, 2.45) is 10.9 Å². The Labute approximate surface area is 134 Å². The molecular weight excluding hydrogens is 332 g/mol. The minimum Gasteiger partial charge on any atom is -0.409 e. The Morgan fingerprint density at radius 1 is 1.24 bits per heavy atom. The summed E-state index contributed by atoms with van der Waals surface area (Å²) in [6, 6.07) is 5.89. The summed E-state index contributed by atoms with van der Waals surface area (Å²) in [7, 11) is 0. The van der Waals surface area contributed by atoms with Crippen LogP contribution in [0.3, 0.4) is 0 Å². The second-order valence-electron chi connectivity index (χ2n) is 6.29. The first-order chi connectivity index (χ1) is 9.82. The zero-order chi connectivity index (χ0) is 15.6. The average molecular weight is 355 g/mol. The van der Waals surface area contributed by atoms with Crippen molar-refractivity contribution in [1.82, 2.24) is 4.90 Å². The van der Waals surface area contributed by atoms with Crippen molar-refractivity contribution in [2.75, 3.05) is 31.1 Å². The SMILES string of the molecule is CC(C)(C)N1CCN(c2ccc(Br)cc2/C(N)=N/O)CC1. The van der Waals surface area contributed by atoms with E-state index in [1.807, 2.05) is 18.2 Å². The van der Waals surface area contributed by atoms with Crippen LogP contribution in [-0.4, -0.2) is 47.7 Å². The van der Waals surface area contributed by atoms with Gasteiger partial charge in [-0.25, -0.2) is 0 Å². The summed E-state index contributed by atoms with van der Waals surface area (Å²) >= 11 is 3.43. The summed E-state index contributed by atoms with van der Waals surface area (Å²) in [5.41, 5.74) is 7.78. The molecule has 6 heteroatoms. The van der Waals surface area contributed by atoms with Crippen molar-refractivity contribution < 1.29 is 5.21 Å². The molecule has 1 aliphatic heterocycles. The first-order valence-corrected chi connectivity index (χ1v) is 7.89. The molecule has 0 unspecified atom stereocenters. The summed E-state index contributed by atoms with van der Waals surface area (Å²) in [4.78, 5) is 4.77. The Balaban J connectivity index is 2.21. The van der Waals surface area contributed by atoms with E-state index in [0.717, 1.165) is 41.9 Å². The van der Waals surface area contributed by atoms with E-state index in [0.29, 0.717) is 0 Å². The summed E-state index contributed by atoms with van der Waals surface area (Å²) in [6.45, 7) is 10.6. The van der Waals surface area contributed by atoms with E-state index in [1.165, 1.54) is 0 Å². The van der Waals surface area contributed by atoms with Crippen molar-refractivity contribution >= 4 is 27.5 Å². The number of nitrogens with two attached hydrogens (primary N) is 1. The number of benzene rings is 1. The van der Waals surface area contributed by atoms with Crippen LogP contribution in [0.1, 0.15) is 26.3 Å². The topological polar surface area (TPSA) is 65.1 Å². The lowest BCUT2D eigenvalue weighted by molar-refractivity contribution is 0.128. The van der Waals surface area contributed by atoms with E-state index in [-0.39, 0.29) is 11.4 Å². The van der Waals surface area contributed by atoms with Crippen LogP contribution in [0.15, 0.2) is 27.8 Å². The van der Waals surface area contributed by atoms with Crippen LogP contribution >= 0.6 is 15.9 Å². The lowest BCUT2D eigenvalue weighted by Gasteiger charge is -2.43. The molecule has 1 aliphatic rings. The van der Waals surface area contributed by atoms with Gasteiger partial charge in [-0.3, -0.25) is 4.90 Å². The maximum atomic E-state index is 8.97.